The monoisotopic (exact) mass is 324 g/mol. The minimum absolute atomic E-state index is 0.0861. The Balaban J connectivity index is 2.14. The Bertz CT molecular complexity index is 516. The second kappa shape index (κ2) is 5.74. The Morgan fingerprint density at radius 3 is 2.84 bits per heavy atom. The lowest BCUT2D eigenvalue weighted by atomic mass is 10.1. The summed E-state index contributed by atoms with van der Waals surface area (Å²) in [5.74, 6) is -0.205. The van der Waals surface area contributed by atoms with E-state index in [9.17, 15) is 9.59 Å². The van der Waals surface area contributed by atoms with Gasteiger partial charge in [-0.2, -0.15) is 0 Å². The topological polar surface area (TPSA) is 49.4 Å². The van der Waals surface area contributed by atoms with E-state index in [1.807, 2.05) is 32.0 Å². The van der Waals surface area contributed by atoms with Crippen LogP contribution >= 0.6 is 15.9 Å². The largest absolute Gasteiger partial charge is 0.373 e. The Hall–Kier alpha value is -1.36. The van der Waals surface area contributed by atoms with Gasteiger partial charge in [-0.25, -0.2) is 0 Å². The van der Waals surface area contributed by atoms with Crippen LogP contribution in [0.3, 0.4) is 0 Å². The first-order valence-electron chi connectivity index (χ1n) is 6.40. The molecule has 1 aromatic carbocycles. The van der Waals surface area contributed by atoms with Gasteiger partial charge in [-0.3, -0.25) is 14.5 Å². The number of amides is 2. The molecule has 0 bridgehead atoms. The van der Waals surface area contributed by atoms with Crippen molar-refractivity contribution in [3.8, 4) is 0 Å². The van der Waals surface area contributed by atoms with Crippen molar-refractivity contribution in [2.24, 2.45) is 0 Å². The molecule has 0 radical (unpaired) electrons. The minimum atomic E-state index is -0.438. The zero-order chi connectivity index (χ0) is 14.0. The quantitative estimate of drug-likeness (QED) is 0.866. The number of imide groups is 1. The average Bonchev–Trinajstić information content (AvgIpc) is 2.63. The number of carbonyl (C=O) groups excluding carboxylic acids is 2. The fourth-order valence-electron chi connectivity index (χ4n) is 2.21. The molecule has 1 fully saturated rings. The van der Waals surface area contributed by atoms with Gasteiger partial charge in [-0.15, -0.1) is 0 Å². The van der Waals surface area contributed by atoms with Gasteiger partial charge in [-0.05, 0) is 31.0 Å². The van der Waals surface area contributed by atoms with Crippen LogP contribution in [0.5, 0.6) is 0 Å². The summed E-state index contributed by atoms with van der Waals surface area (Å²) in [4.78, 5) is 25.3. The zero-order valence-electron chi connectivity index (χ0n) is 11.1. The molecular formula is C14H17BrN2O2. The lowest BCUT2D eigenvalue weighted by Gasteiger charge is -2.16. The first-order valence-corrected chi connectivity index (χ1v) is 7.19. The summed E-state index contributed by atoms with van der Waals surface area (Å²) in [6.07, 6.45) is 1.03. The highest BCUT2D eigenvalue weighted by molar-refractivity contribution is 9.10. The normalized spacial score (nSPS) is 19.1. The van der Waals surface area contributed by atoms with Crippen LogP contribution in [0, 0.1) is 6.92 Å². The van der Waals surface area contributed by atoms with Crippen molar-refractivity contribution in [3.63, 3.8) is 0 Å². The third-order valence-corrected chi connectivity index (χ3v) is 4.15. The van der Waals surface area contributed by atoms with E-state index in [4.69, 9.17) is 0 Å². The highest BCUT2D eigenvalue weighted by atomic mass is 79.9. The molecule has 1 heterocycles. The van der Waals surface area contributed by atoms with E-state index < -0.39 is 6.04 Å². The van der Waals surface area contributed by atoms with Crippen LogP contribution in [-0.2, 0) is 9.59 Å². The van der Waals surface area contributed by atoms with Gasteiger partial charge in [0.15, 0.2) is 0 Å². The van der Waals surface area contributed by atoms with E-state index in [1.165, 1.54) is 4.90 Å². The molecular weight excluding hydrogens is 308 g/mol. The number of rotatable bonds is 4. The molecule has 1 aliphatic heterocycles. The number of hydrogen-bond acceptors (Lipinski definition) is 3. The molecule has 102 valence electrons. The van der Waals surface area contributed by atoms with Crippen molar-refractivity contribution in [3.05, 3.63) is 28.2 Å². The van der Waals surface area contributed by atoms with Gasteiger partial charge < -0.3 is 5.32 Å². The van der Waals surface area contributed by atoms with Crippen LogP contribution in [0.4, 0.5) is 5.69 Å². The predicted molar refractivity (Wildman–Crippen MR) is 77.9 cm³/mol. The van der Waals surface area contributed by atoms with Gasteiger partial charge in [0, 0.05) is 16.7 Å². The molecule has 5 heteroatoms. The summed E-state index contributed by atoms with van der Waals surface area (Å²) in [6.45, 7) is 4.44. The second-order valence-corrected chi connectivity index (χ2v) is 5.55. The van der Waals surface area contributed by atoms with Crippen LogP contribution in [0.2, 0.25) is 0 Å². The summed E-state index contributed by atoms with van der Waals surface area (Å²) in [6, 6.07) is 5.34. The van der Waals surface area contributed by atoms with E-state index in [0.29, 0.717) is 6.54 Å². The summed E-state index contributed by atoms with van der Waals surface area (Å²) in [5, 5.41) is 3.18. The first kappa shape index (κ1) is 14.1. The third kappa shape index (κ3) is 2.81. The Morgan fingerprint density at radius 1 is 1.42 bits per heavy atom. The molecule has 1 atom stereocenters. The van der Waals surface area contributed by atoms with Crippen molar-refractivity contribution < 1.29 is 9.59 Å². The van der Waals surface area contributed by atoms with Crippen molar-refractivity contribution >= 4 is 33.4 Å². The van der Waals surface area contributed by atoms with E-state index in [-0.39, 0.29) is 18.2 Å². The van der Waals surface area contributed by atoms with Gasteiger partial charge in [0.2, 0.25) is 5.91 Å². The summed E-state index contributed by atoms with van der Waals surface area (Å²) in [7, 11) is 0. The average molecular weight is 325 g/mol. The Labute approximate surface area is 121 Å². The second-order valence-electron chi connectivity index (χ2n) is 4.70. The highest BCUT2D eigenvalue weighted by Gasteiger charge is 2.37. The summed E-state index contributed by atoms with van der Waals surface area (Å²) >= 11 is 3.46. The van der Waals surface area contributed by atoms with Crippen molar-refractivity contribution in [1.82, 2.24) is 4.90 Å². The first-order chi connectivity index (χ1) is 9.04. The molecule has 1 aliphatic rings. The fraction of sp³-hybridized carbons (Fsp3) is 0.429. The highest BCUT2D eigenvalue weighted by Crippen LogP contribution is 2.26. The molecule has 19 heavy (non-hydrogen) atoms. The number of likely N-dealkylation sites (tertiary alicyclic amines) is 1. The van der Waals surface area contributed by atoms with Crippen LogP contribution in [0.1, 0.15) is 25.3 Å². The molecule has 0 saturated carbocycles. The number of anilines is 1. The van der Waals surface area contributed by atoms with Gasteiger partial charge in [-0.1, -0.05) is 28.9 Å². The lowest BCUT2D eigenvalue weighted by Crippen LogP contribution is -2.35. The minimum Gasteiger partial charge on any atom is -0.373 e. The Morgan fingerprint density at radius 2 is 2.16 bits per heavy atom. The maximum atomic E-state index is 12.1. The molecule has 4 nitrogen and oxygen atoms in total. The van der Waals surface area contributed by atoms with E-state index in [0.717, 1.165) is 22.1 Å². The number of hydrogen-bond donors (Lipinski definition) is 1. The van der Waals surface area contributed by atoms with Crippen LogP contribution in [0.25, 0.3) is 0 Å². The standard InChI is InChI=1S/C14H17BrN2O2/c1-3-7-17-13(18)8-12(14(17)19)16-11-6-4-5-10(15)9(11)2/h4-6,12,16H,3,7-8H2,1-2H3. The molecule has 0 aromatic heterocycles. The van der Waals surface area contributed by atoms with Crippen molar-refractivity contribution in [2.75, 3.05) is 11.9 Å². The van der Waals surface area contributed by atoms with Crippen LogP contribution in [0.15, 0.2) is 22.7 Å². The van der Waals surface area contributed by atoms with E-state index in [2.05, 4.69) is 21.2 Å². The third-order valence-electron chi connectivity index (χ3n) is 3.29. The maximum absolute atomic E-state index is 12.1. The van der Waals surface area contributed by atoms with Crippen LogP contribution in [-0.4, -0.2) is 29.3 Å². The molecule has 1 aromatic rings. The number of nitrogens with zero attached hydrogens (tertiary/aromatic N) is 1. The SMILES string of the molecule is CCCN1C(=O)CC(Nc2cccc(Br)c2C)C1=O. The van der Waals surface area contributed by atoms with Gasteiger partial charge in [0.05, 0.1) is 6.42 Å². The van der Waals surface area contributed by atoms with E-state index in [1.54, 1.807) is 0 Å². The number of halogens is 1. The van der Waals surface area contributed by atoms with Crippen LogP contribution < -0.4 is 5.32 Å². The fourth-order valence-corrected chi connectivity index (χ4v) is 2.57. The number of nitrogens with one attached hydrogen (secondary N) is 1. The molecule has 1 saturated heterocycles. The summed E-state index contributed by atoms with van der Waals surface area (Å²) < 4.78 is 0.986. The molecule has 1 unspecified atom stereocenters. The number of carbonyl (C=O) groups is 2. The van der Waals surface area contributed by atoms with E-state index >= 15 is 0 Å². The Kier molecular flexibility index (Phi) is 4.24. The van der Waals surface area contributed by atoms with Crippen molar-refractivity contribution in [1.29, 1.82) is 0 Å². The zero-order valence-corrected chi connectivity index (χ0v) is 12.7. The van der Waals surface area contributed by atoms with Gasteiger partial charge >= 0.3 is 0 Å². The molecule has 0 aliphatic carbocycles. The van der Waals surface area contributed by atoms with Gasteiger partial charge in [0.1, 0.15) is 6.04 Å². The molecule has 2 rings (SSSR count). The molecule has 1 N–H and O–H groups in total. The van der Waals surface area contributed by atoms with Crippen molar-refractivity contribution in [2.45, 2.75) is 32.7 Å². The predicted octanol–water partition coefficient (Wildman–Crippen LogP) is 2.71. The summed E-state index contributed by atoms with van der Waals surface area (Å²) in [5.41, 5.74) is 1.93. The smallest absolute Gasteiger partial charge is 0.252 e. The number of benzene rings is 1. The van der Waals surface area contributed by atoms with Gasteiger partial charge in [0.25, 0.3) is 5.91 Å². The molecule has 0 spiro atoms. The lowest BCUT2D eigenvalue weighted by molar-refractivity contribution is -0.138. The maximum Gasteiger partial charge on any atom is 0.252 e. The molecule has 2 amide bonds.